The van der Waals surface area contributed by atoms with Crippen LogP contribution in [0.4, 0.5) is 0 Å². The first-order valence-electron chi connectivity index (χ1n) is 8.11. The summed E-state index contributed by atoms with van der Waals surface area (Å²) in [6.07, 6.45) is 16.5. The van der Waals surface area contributed by atoms with E-state index in [-0.39, 0.29) is 0 Å². The van der Waals surface area contributed by atoms with Crippen molar-refractivity contribution in [1.82, 2.24) is 5.32 Å². The summed E-state index contributed by atoms with van der Waals surface area (Å²) in [6, 6.07) is 0. The highest BCUT2D eigenvalue weighted by molar-refractivity contribution is 4.94. The number of rotatable bonds is 13. The van der Waals surface area contributed by atoms with Crippen LogP contribution in [-0.4, -0.2) is 13.1 Å². The Morgan fingerprint density at radius 1 is 0.778 bits per heavy atom. The van der Waals surface area contributed by atoms with Gasteiger partial charge < -0.3 is 5.32 Å². The van der Waals surface area contributed by atoms with Gasteiger partial charge in [0.05, 0.1) is 0 Å². The fourth-order valence-electron chi connectivity index (χ4n) is 2.12. The van der Waals surface area contributed by atoms with E-state index < -0.39 is 0 Å². The van der Waals surface area contributed by atoms with E-state index in [9.17, 15) is 0 Å². The number of hydrogen-bond acceptors (Lipinski definition) is 1. The predicted molar refractivity (Wildman–Crippen MR) is 84.1 cm³/mol. The Hall–Kier alpha value is -0.300. The molecule has 0 rings (SSSR count). The lowest BCUT2D eigenvalue weighted by atomic mass is 10.1. The van der Waals surface area contributed by atoms with Gasteiger partial charge in [0.15, 0.2) is 0 Å². The Bertz CT molecular complexity index is 180. The molecular formula is C17H35N. The Labute approximate surface area is 115 Å². The molecule has 0 aromatic carbocycles. The van der Waals surface area contributed by atoms with Gasteiger partial charge >= 0.3 is 0 Å². The zero-order valence-electron chi connectivity index (χ0n) is 13.1. The maximum atomic E-state index is 3.47. The molecule has 0 aliphatic carbocycles. The van der Waals surface area contributed by atoms with Crippen LogP contribution in [0.25, 0.3) is 0 Å². The van der Waals surface area contributed by atoms with Crippen LogP contribution in [0.3, 0.4) is 0 Å². The summed E-state index contributed by atoms with van der Waals surface area (Å²) >= 11 is 0. The molecule has 0 bridgehead atoms. The molecule has 1 heteroatoms. The molecular weight excluding hydrogens is 218 g/mol. The molecule has 0 saturated carbocycles. The summed E-state index contributed by atoms with van der Waals surface area (Å²) < 4.78 is 0. The number of hydrogen-bond donors (Lipinski definition) is 1. The van der Waals surface area contributed by atoms with Crippen molar-refractivity contribution in [3.8, 4) is 0 Å². The molecule has 0 radical (unpaired) electrons. The molecule has 0 aromatic heterocycles. The minimum atomic E-state index is 1.04. The molecule has 18 heavy (non-hydrogen) atoms. The lowest BCUT2D eigenvalue weighted by molar-refractivity contribution is 0.548. The van der Waals surface area contributed by atoms with Crippen LogP contribution < -0.4 is 5.32 Å². The van der Waals surface area contributed by atoms with E-state index in [0.29, 0.717) is 0 Å². The van der Waals surface area contributed by atoms with E-state index in [1.165, 1.54) is 76.3 Å². The van der Waals surface area contributed by atoms with Gasteiger partial charge in [-0.1, -0.05) is 76.4 Å². The summed E-state index contributed by atoms with van der Waals surface area (Å²) in [6.45, 7) is 8.82. The van der Waals surface area contributed by atoms with Crippen LogP contribution in [0.15, 0.2) is 11.6 Å². The molecule has 0 saturated heterocycles. The Morgan fingerprint density at radius 3 is 1.78 bits per heavy atom. The van der Waals surface area contributed by atoms with Crippen molar-refractivity contribution >= 4 is 0 Å². The van der Waals surface area contributed by atoms with E-state index in [1.54, 1.807) is 0 Å². The van der Waals surface area contributed by atoms with Crippen molar-refractivity contribution in [2.45, 2.75) is 85.0 Å². The average molecular weight is 253 g/mol. The average Bonchev–Trinajstić information content (AvgIpc) is 2.34. The lowest BCUT2D eigenvalue weighted by Crippen LogP contribution is -2.15. The fourth-order valence-corrected chi connectivity index (χ4v) is 2.12. The third kappa shape index (κ3) is 15.7. The second-order valence-corrected chi connectivity index (χ2v) is 5.67. The Balaban J connectivity index is 2.97. The summed E-state index contributed by atoms with van der Waals surface area (Å²) in [5.41, 5.74) is 1.41. The van der Waals surface area contributed by atoms with Crippen molar-refractivity contribution in [2.24, 2.45) is 0 Å². The van der Waals surface area contributed by atoms with Crippen molar-refractivity contribution < 1.29 is 0 Å². The monoisotopic (exact) mass is 253 g/mol. The van der Waals surface area contributed by atoms with E-state index in [2.05, 4.69) is 32.2 Å². The zero-order valence-corrected chi connectivity index (χ0v) is 13.1. The molecule has 0 spiro atoms. The van der Waals surface area contributed by atoms with E-state index in [0.717, 1.165) is 6.54 Å². The predicted octanol–water partition coefficient (Wildman–Crippen LogP) is 5.46. The van der Waals surface area contributed by atoms with Crippen LogP contribution >= 0.6 is 0 Å². The first-order valence-corrected chi connectivity index (χ1v) is 8.11. The van der Waals surface area contributed by atoms with Gasteiger partial charge in [-0.25, -0.2) is 0 Å². The van der Waals surface area contributed by atoms with E-state index >= 15 is 0 Å². The highest BCUT2D eigenvalue weighted by Crippen LogP contribution is 2.10. The Morgan fingerprint density at radius 2 is 1.28 bits per heavy atom. The van der Waals surface area contributed by atoms with Crippen LogP contribution in [-0.2, 0) is 0 Å². The molecule has 1 nitrogen and oxygen atoms in total. The quantitative estimate of drug-likeness (QED) is 0.339. The molecule has 0 unspecified atom stereocenters. The number of unbranched alkanes of at least 4 members (excludes halogenated alkanes) is 9. The van der Waals surface area contributed by atoms with Gasteiger partial charge in [-0.15, -0.1) is 0 Å². The molecule has 0 fully saturated rings. The normalized spacial score (nSPS) is 10.6. The fraction of sp³-hybridized carbons (Fsp3) is 0.882. The van der Waals surface area contributed by atoms with E-state index in [1.807, 2.05) is 0 Å². The minimum absolute atomic E-state index is 1.04. The summed E-state index contributed by atoms with van der Waals surface area (Å²) in [5, 5.41) is 3.47. The topological polar surface area (TPSA) is 12.0 Å². The van der Waals surface area contributed by atoms with Gasteiger partial charge in [0.2, 0.25) is 0 Å². The summed E-state index contributed by atoms with van der Waals surface area (Å²) in [4.78, 5) is 0. The van der Waals surface area contributed by atoms with Gasteiger partial charge in [0, 0.05) is 6.54 Å². The largest absolute Gasteiger partial charge is 0.313 e. The molecule has 0 heterocycles. The second-order valence-electron chi connectivity index (χ2n) is 5.67. The summed E-state index contributed by atoms with van der Waals surface area (Å²) in [7, 11) is 0. The van der Waals surface area contributed by atoms with Crippen molar-refractivity contribution in [2.75, 3.05) is 13.1 Å². The molecule has 0 aliphatic rings. The molecule has 0 aromatic rings. The first-order chi connectivity index (χ1) is 8.77. The smallest absolute Gasteiger partial charge is 0.0137 e. The van der Waals surface area contributed by atoms with Crippen LogP contribution in [0, 0.1) is 0 Å². The molecule has 0 amide bonds. The van der Waals surface area contributed by atoms with Gasteiger partial charge in [-0.3, -0.25) is 0 Å². The highest BCUT2D eigenvalue weighted by atomic mass is 14.8. The number of allylic oxidation sites excluding steroid dienone is 1. The van der Waals surface area contributed by atoms with Gasteiger partial charge in [-0.2, -0.15) is 0 Å². The Kier molecular flexibility index (Phi) is 14.5. The lowest BCUT2D eigenvalue weighted by Gasteiger charge is -2.03. The second kappa shape index (κ2) is 14.8. The molecule has 1 N–H and O–H groups in total. The van der Waals surface area contributed by atoms with Crippen molar-refractivity contribution in [1.29, 1.82) is 0 Å². The first kappa shape index (κ1) is 17.7. The maximum absolute atomic E-state index is 3.47. The highest BCUT2D eigenvalue weighted by Gasteiger charge is 1.92. The molecule has 0 atom stereocenters. The van der Waals surface area contributed by atoms with Crippen LogP contribution in [0.2, 0.25) is 0 Å². The third-order valence-corrected chi connectivity index (χ3v) is 3.36. The van der Waals surface area contributed by atoms with Crippen molar-refractivity contribution in [3.63, 3.8) is 0 Å². The van der Waals surface area contributed by atoms with Crippen molar-refractivity contribution in [3.05, 3.63) is 11.6 Å². The summed E-state index contributed by atoms with van der Waals surface area (Å²) in [5.74, 6) is 0. The molecule has 108 valence electrons. The SMILES string of the molecule is CCCCCCCCCCCCNCC=C(C)C. The standard InChI is InChI=1S/C17H35N/c1-4-5-6-7-8-9-10-11-12-13-15-18-16-14-17(2)3/h14,18H,4-13,15-16H2,1-3H3. The molecule has 0 aliphatic heterocycles. The van der Waals surface area contributed by atoms with Crippen LogP contribution in [0.1, 0.15) is 85.0 Å². The van der Waals surface area contributed by atoms with Gasteiger partial charge in [0.25, 0.3) is 0 Å². The van der Waals surface area contributed by atoms with Gasteiger partial charge in [-0.05, 0) is 26.8 Å². The van der Waals surface area contributed by atoms with E-state index in [4.69, 9.17) is 0 Å². The number of nitrogens with one attached hydrogen (secondary N) is 1. The van der Waals surface area contributed by atoms with Gasteiger partial charge in [0.1, 0.15) is 0 Å². The zero-order chi connectivity index (χ0) is 13.5. The third-order valence-electron chi connectivity index (χ3n) is 3.36. The minimum Gasteiger partial charge on any atom is -0.313 e. The maximum Gasteiger partial charge on any atom is 0.0137 e. The van der Waals surface area contributed by atoms with Crippen LogP contribution in [0.5, 0.6) is 0 Å².